The summed E-state index contributed by atoms with van der Waals surface area (Å²) in [5.74, 6) is 1.51. The molecule has 0 saturated carbocycles. The summed E-state index contributed by atoms with van der Waals surface area (Å²) in [5, 5.41) is 0. The Kier molecular flexibility index (Phi) is 3.76. The number of aromatic nitrogens is 1. The van der Waals surface area contributed by atoms with Crippen molar-refractivity contribution >= 4 is 15.9 Å². The summed E-state index contributed by atoms with van der Waals surface area (Å²) in [6.45, 7) is 2.44. The van der Waals surface area contributed by atoms with E-state index < -0.39 is 0 Å². The van der Waals surface area contributed by atoms with Gasteiger partial charge in [-0.05, 0) is 30.7 Å². The van der Waals surface area contributed by atoms with Crippen molar-refractivity contribution in [3.63, 3.8) is 0 Å². The van der Waals surface area contributed by atoms with Crippen LogP contribution in [-0.2, 0) is 6.54 Å². The summed E-state index contributed by atoms with van der Waals surface area (Å²) in [4.78, 5) is 4.05. The number of hydrogen-bond acceptors (Lipinski definition) is 3. The average Bonchev–Trinajstić information content (AvgIpc) is 2.34. The number of hydrogen-bond donors (Lipinski definition) is 1. The van der Waals surface area contributed by atoms with Crippen molar-refractivity contribution in [3.05, 3.63) is 52.3 Å². The van der Waals surface area contributed by atoms with Crippen molar-refractivity contribution in [1.82, 2.24) is 4.98 Å². The topological polar surface area (TPSA) is 48.1 Å². The number of nitrogens with zero attached hydrogens (tertiary/aromatic N) is 1. The third-order valence-corrected chi connectivity index (χ3v) is 2.95. The number of halogens is 1. The van der Waals surface area contributed by atoms with Crippen molar-refractivity contribution < 1.29 is 4.74 Å². The molecule has 0 amide bonds. The van der Waals surface area contributed by atoms with E-state index in [0.29, 0.717) is 12.3 Å². The average molecular weight is 293 g/mol. The highest BCUT2D eigenvalue weighted by Crippen LogP contribution is 2.29. The Morgan fingerprint density at radius 3 is 2.88 bits per heavy atom. The van der Waals surface area contributed by atoms with Crippen molar-refractivity contribution in [3.8, 4) is 11.5 Å². The van der Waals surface area contributed by atoms with Gasteiger partial charge in [0, 0.05) is 22.8 Å². The third kappa shape index (κ3) is 2.84. The Balaban J connectivity index is 2.34. The van der Waals surface area contributed by atoms with Crippen molar-refractivity contribution in [2.75, 3.05) is 0 Å². The number of aryl methyl sites for hydroxylation is 1. The molecule has 3 nitrogen and oxygen atoms in total. The van der Waals surface area contributed by atoms with Crippen LogP contribution in [-0.4, -0.2) is 4.98 Å². The molecule has 2 aromatic rings. The van der Waals surface area contributed by atoms with Crippen molar-refractivity contribution in [2.24, 2.45) is 5.73 Å². The van der Waals surface area contributed by atoms with Crippen molar-refractivity contribution in [2.45, 2.75) is 13.5 Å². The second kappa shape index (κ2) is 5.29. The molecular formula is C13H13BrN2O. The van der Waals surface area contributed by atoms with Crippen LogP contribution in [0.4, 0.5) is 0 Å². The van der Waals surface area contributed by atoms with E-state index in [2.05, 4.69) is 20.9 Å². The first-order valence-corrected chi connectivity index (χ1v) is 6.07. The first-order chi connectivity index (χ1) is 8.20. The van der Waals surface area contributed by atoms with Gasteiger partial charge in [-0.2, -0.15) is 0 Å². The Morgan fingerprint density at radius 1 is 1.29 bits per heavy atom. The second-order valence-electron chi connectivity index (χ2n) is 3.70. The maximum absolute atomic E-state index is 5.84. The fraction of sp³-hybridized carbons (Fsp3) is 0.154. The predicted molar refractivity (Wildman–Crippen MR) is 71.1 cm³/mol. The Morgan fingerprint density at radius 2 is 2.12 bits per heavy atom. The molecule has 17 heavy (non-hydrogen) atoms. The van der Waals surface area contributed by atoms with Crippen LogP contribution in [0.15, 0.2) is 41.1 Å². The first kappa shape index (κ1) is 12.1. The molecule has 1 aromatic carbocycles. The lowest BCUT2D eigenvalue weighted by molar-refractivity contribution is 0.470. The summed E-state index contributed by atoms with van der Waals surface area (Å²) >= 11 is 3.42. The van der Waals surface area contributed by atoms with Gasteiger partial charge < -0.3 is 10.5 Å². The zero-order chi connectivity index (χ0) is 12.3. The molecule has 0 bridgehead atoms. The van der Waals surface area contributed by atoms with Gasteiger partial charge in [0.25, 0.3) is 0 Å². The molecule has 0 atom stereocenters. The van der Waals surface area contributed by atoms with Gasteiger partial charge in [0.15, 0.2) is 0 Å². The van der Waals surface area contributed by atoms with Gasteiger partial charge in [0.1, 0.15) is 11.5 Å². The zero-order valence-electron chi connectivity index (χ0n) is 9.48. The summed E-state index contributed by atoms with van der Waals surface area (Å²) in [6.07, 6.45) is 3.39. The molecule has 0 unspecified atom stereocenters. The Labute approximate surface area is 109 Å². The van der Waals surface area contributed by atoms with Gasteiger partial charge in [-0.25, -0.2) is 0 Å². The van der Waals surface area contributed by atoms with Crippen LogP contribution in [0, 0.1) is 6.92 Å². The minimum Gasteiger partial charge on any atom is -0.455 e. The summed E-state index contributed by atoms with van der Waals surface area (Å²) in [5.41, 5.74) is 7.67. The SMILES string of the molecule is Cc1ccc(Br)cc1Oc1cnccc1CN. The second-order valence-corrected chi connectivity index (χ2v) is 4.62. The lowest BCUT2D eigenvalue weighted by atomic mass is 10.2. The van der Waals surface area contributed by atoms with Crippen LogP contribution in [0.2, 0.25) is 0 Å². The number of rotatable bonds is 3. The minimum absolute atomic E-state index is 0.435. The maximum Gasteiger partial charge on any atom is 0.150 e. The van der Waals surface area contributed by atoms with Gasteiger partial charge in [0.05, 0.1) is 6.20 Å². The van der Waals surface area contributed by atoms with E-state index in [-0.39, 0.29) is 0 Å². The summed E-state index contributed by atoms with van der Waals surface area (Å²) in [6, 6.07) is 7.78. The molecule has 0 saturated heterocycles. The molecular weight excluding hydrogens is 280 g/mol. The molecule has 0 radical (unpaired) electrons. The van der Waals surface area contributed by atoms with E-state index in [9.17, 15) is 0 Å². The molecule has 88 valence electrons. The van der Waals surface area contributed by atoms with Gasteiger partial charge in [-0.3, -0.25) is 4.98 Å². The maximum atomic E-state index is 5.84. The van der Waals surface area contributed by atoms with Crippen LogP contribution >= 0.6 is 15.9 Å². The molecule has 1 heterocycles. The van der Waals surface area contributed by atoms with E-state index in [1.165, 1.54) is 0 Å². The molecule has 2 N–H and O–H groups in total. The van der Waals surface area contributed by atoms with Gasteiger partial charge in [0.2, 0.25) is 0 Å². The molecule has 4 heteroatoms. The van der Waals surface area contributed by atoms with E-state index in [0.717, 1.165) is 21.3 Å². The Bertz CT molecular complexity index is 529. The number of nitrogens with two attached hydrogens (primary N) is 1. The molecule has 0 aliphatic rings. The van der Waals surface area contributed by atoms with Gasteiger partial charge in [-0.15, -0.1) is 0 Å². The van der Waals surface area contributed by atoms with Crippen LogP contribution in [0.25, 0.3) is 0 Å². The highest BCUT2D eigenvalue weighted by Gasteiger charge is 2.06. The third-order valence-electron chi connectivity index (χ3n) is 2.46. The number of ether oxygens (including phenoxy) is 1. The molecule has 0 aliphatic carbocycles. The van der Waals surface area contributed by atoms with Gasteiger partial charge in [-0.1, -0.05) is 22.0 Å². The van der Waals surface area contributed by atoms with Crippen LogP contribution < -0.4 is 10.5 Å². The molecule has 0 fully saturated rings. The van der Waals surface area contributed by atoms with Crippen LogP contribution in [0.1, 0.15) is 11.1 Å². The summed E-state index contributed by atoms with van der Waals surface area (Å²) < 4.78 is 6.82. The van der Waals surface area contributed by atoms with Gasteiger partial charge >= 0.3 is 0 Å². The standard InChI is InChI=1S/C13H13BrN2O/c1-9-2-3-11(14)6-12(9)17-13-8-16-5-4-10(13)7-15/h2-6,8H,7,15H2,1H3. The minimum atomic E-state index is 0.435. The number of pyridine rings is 1. The molecule has 1 aromatic heterocycles. The molecule has 0 aliphatic heterocycles. The monoisotopic (exact) mass is 292 g/mol. The normalized spacial score (nSPS) is 10.3. The Hall–Kier alpha value is -1.39. The largest absolute Gasteiger partial charge is 0.455 e. The zero-order valence-corrected chi connectivity index (χ0v) is 11.1. The van der Waals surface area contributed by atoms with Crippen LogP contribution in [0.3, 0.4) is 0 Å². The lowest BCUT2D eigenvalue weighted by Gasteiger charge is -2.11. The predicted octanol–water partition coefficient (Wildman–Crippen LogP) is 3.40. The van der Waals surface area contributed by atoms with E-state index in [1.807, 2.05) is 31.2 Å². The fourth-order valence-corrected chi connectivity index (χ4v) is 1.81. The smallest absolute Gasteiger partial charge is 0.150 e. The van der Waals surface area contributed by atoms with Crippen molar-refractivity contribution in [1.29, 1.82) is 0 Å². The highest BCUT2D eigenvalue weighted by atomic mass is 79.9. The quantitative estimate of drug-likeness (QED) is 0.943. The van der Waals surface area contributed by atoms with E-state index >= 15 is 0 Å². The molecule has 2 rings (SSSR count). The van der Waals surface area contributed by atoms with E-state index in [1.54, 1.807) is 12.4 Å². The molecule has 0 spiro atoms. The lowest BCUT2D eigenvalue weighted by Crippen LogP contribution is -2.00. The summed E-state index contributed by atoms with van der Waals surface area (Å²) in [7, 11) is 0. The highest BCUT2D eigenvalue weighted by molar-refractivity contribution is 9.10. The van der Waals surface area contributed by atoms with Crippen LogP contribution in [0.5, 0.6) is 11.5 Å². The number of benzene rings is 1. The fourth-order valence-electron chi connectivity index (χ4n) is 1.47. The van der Waals surface area contributed by atoms with E-state index in [4.69, 9.17) is 10.5 Å². The first-order valence-electron chi connectivity index (χ1n) is 5.27.